The van der Waals surface area contributed by atoms with E-state index < -0.39 is 27.4 Å². The van der Waals surface area contributed by atoms with Crippen molar-refractivity contribution in [3.05, 3.63) is 63.4 Å². The molecule has 1 aromatic heterocycles. The minimum atomic E-state index is -3.33. The molecular weight excluding hydrogens is 617 g/mol. The number of sulfone groups is 1. The van der Waals surface area contributed by atoms with Gasteiger partial charge in [0.2, 0.25) is 6.41 Å². The standard InChI is InChI=1S/C29H35Cl2N5O6S/c1-29(2,3)42-35(17-37)16-20-6-5-12-36(20)28(39)21-9-7-18(14-22(21)31)27(38)34-24(11-13-43(4,40)41)26-32-23-10-8-19(30)15-25(23)33-26/h7-10,14-15,17,20,24H,5-6,11-13,16H2,1-4H3,(H,32,33)(H,34,38)/t20-,24-/m0/s1. The number of imidazole rings is 1. The Hall–Kier alpha value is -3.19. The number of aromatic amines is 1. The van der Waals surface area contributed by atoms with E-state index >= 15 is 0 Å². The number of hydrogen-bond acceptors (Lipinski definition) is 7. The first-order valence-corrected chi connectivity index (χ1v) is 16.6. The fraction of sp³-hybridized carbons (Fsp3) is 0.448. The van der Waals surface area contributed by atoms with Gasteiger partial charge >= 0.3 is 0 Å². The summed E-state index contributed by atoms with van der Waals surface area (Å²) in [7, 11) is -3.33. The molecule has 14 heteroatoms. The molecule has 2 aromatic carbocycles. The maximum atomic E-state index is 13.5. The molecule has 0 spiro atoms. The second-order valence-corrected chi connectivity index (χ2v) is 14.7. The van der Waals surface area contributed by atoms with Gasteiger partial charge < -0.3 is 15.2 Å². The number of carbonyl (C=O) groups excluding carboxylic acids is 3. The van der Waals surface area contributed by atoms with Gasteiger partial charge in [-0.25, -0.2) is 18.5 Å². The number of hydroxylamine groups is 2. The maximum absolute atomic E-state index is 13.5. The van der Waals surface area contributed by atoms with Crippen LogP contribution in [0.2, 0.25) is 10.0 Å². The highest BCUT2D eigenvalue weighted by atomic mass is 35.5. The van der Waals surface area contributed by atoms with Gasteiger partial charge in [0.15, 0.2) is 0 Å². The van der Waals surface area contributed by atoms with Crippen molar-refractivity contribution in [2.45, 2.75) is 57.7 Å². The molecule has 3 amide bonds. The second kappa shape index (κ2) is 13.2. The lowest BCUT2D eigenvalue weighted by Gasteiger charge is -2.32. The predicted molar refractivity (Wildman–Crippen MR) is 165 cm³/mol. The number of benzene rings is 2. The van der Waals surface area contributed by atoms with E-state index in [-0.39, 0.29) is 46.8 Å². The number of carbonyl (C=O) groups is 3. The van der Waals surface area contributed by atoms with Crippen molar-refractivity contribution in [1.82, 2.24) is 25.2 Å². The molecule has 1 aliphatic rings. The first-order chi connectivity index (χ1) is 20.1. The second-order valence-electron chi connectivity index (χ2n) is 11.6. The van der Waals surface area contributed by atoms with E-state index in [0.29, 0.717) is 41.3 Å². The smallest absolute Gasteiger partial charge is 0.255 e. The van der Waals surface area contributed by atoms with Gasteiger partial charge in [-0.2, -0.15) is 0 Å². The zero-order valence-electron chi connectivity index (χ0n) is 24.4. The third-order valence-electron chi connectivity index (χ3n) is 6.87. The normalized spacial score (nSPS) is 16.3. The molecule has 232 valence electrons. The molecule has 2 atom stereocenters. The van der Waals surface area contributed by atoms with E-state index in [4.69, 9.17) is 28.0 Å². The lowest BCUT2D eigenvalue weighted by molar-refractivity contribution is -0.219. The molecule has 0 bridgehead atoms. The highest BCUT2D eigenvalue weighted by Crippen LogP contribution is 2.27. The lowest BCUT2D eigenvalue weighted by Crippen LogP contribution is -2.45. The largest absolute Gasteiger partial charge is 0.342 e. The van der Waals surface area contributed by atoms with Crippen LogP contribution in [0.25, 0.3) is 11.0 Å². The van der Waals surface area contributed by atoms with Crippen LogP contribution in [-0.2, 0) is 19.5 Å². The summed E-state index contributed by atoms with van der Waals surface area (Å²) in [6, 6.07) is 8.48. The number of amides is 3. The van der Waals surface area contributed by atoms with E-state index in [0.717, 1.165) is 12.7 Å². The summed E-state index contributed by atoms with van der Waals surface area (Å²) < 4.78 is 23.8. The van der Waals surface area contributed by atoms with Crippen molar-refractivity contribution in [3.8, 4) is 0 Å². The van der Waals surface area contributed by atoms with Gasteiger partial charge in [-0.3, -0.25) is 19.2 Å². The van der Waals surface area contributed by atoms with Crippen LogP contribution in [0.5, 0.6) is 0 Å². The summed E-state index contributed by atoms with van der Waals surface area (Å²) in [5.74, 6) is -0.624. The Morgan fingerprint density at radius 3 is 2.63 bits per heavy atom. The average Bonchev–Trinajstić information content (AvgIpc) is 3.55. The minimum absolute atomic E-state index is 0.0789. The van der Waals surface area contributed by atoms with Crippen LogP contribution < -0.4 is 5.32 Å². The summed E-state index contributed by atoms with van der Waals surface area (Å²) in [5, 5.41) is 4.65. The first kappa shape index (κ1) is 32.7. The van der Waals surface area contributed by atoms with Gasteiger partial charge in [-0.15, -0.1) is 0 Å². The van der Waals surface area contributed by atoms with Crippen molar-refractivity contribution >= 4 is 62.3 Å². The van der Waals surface area contributed by atoms with E-state index in [9.17, 15) is 22.8 Å². The van der Waals surface area contributed by atoms with E-state index in [1.807, 2.05) is 20.8 Å². The molecule has 1 saturated heterocycles. The van der Waals surface area contributed by atoms with Crippen LogP contribution in [0.1, 0.15) is 72.6 Å². The van der Waals surface area contributed by atoms with Crippen LogP contribution in [0.3, 0.4) is 0 Å². The average molecular weight is 653 g/mol. The van der Waals surface area contributed by atoms with Crippen LogP contribution in [0.15, 0.2) is 36.4 Å². The molecule has 1 fully saturated rings. The Bertz CT molecular complexity index is 1620. The van der Waals surface area contributed by atoms with Gasteiger partial charge in [-0.05, 0) is 76.4 Å². The highest BCUT2D eigenvalue weighted by Gasteiger charge is 2.33. The number of nitrogens with zero attached hydrogens (tertiary/aromatic N) is 3. The van der Waals surface area contributed by atoms with Crippen molar-refractivity contribution in [1.29, 1.82) is 0 Å². The number of hydrogen-bond donors (Lipinski definition) is 2. The van der Waals surface area contributed by atoms with Gasteiger partial charge in [0, 0.05) is 23.4 Å². The number of nitrogens with one attached hydrogen (secondary N) is 2. The van der Waals surface area contributed by atoms with E-state index in [1.165, 1.54) is 23.3 Å². The number of halogens is 2. The van der Waals surface area contributed by atoms with E-state index in [1.54, 1.807) is 23.1 Å². The number of rotatable bonds is 11. The number of fused-ring (bicyclic) bond motifs is 1. The third kappa shape index (κ3) is 8.69. The molecule has 4 rings (SSSR count). The predicted octanol–water partition coefficient (Wildman–Crippen LogP) is 4.57. The summed E-state index contributed by atoms with van der Waals surface area (Å²) in [6.07, 6.45) is 3.27. The molecule has 11 nitrogen and oxygen atoms in total. The number of likely N-dealkylation sites (tertiary alicyclic amines) is 1. The Morgan fingerprint density at radius 1 is 1.23 bits per heavy atom. The minimum Gasteiger partial charge on any atom is -0.342 e. The number of aromatic nitrogens is 2. The van der Waals surface area contributed by atoms with Gasteiger partial charge in [-0.1, -0.05) is 23.2 Å². The molecule has 0 saturated carbocycles. The zero-order valence-corrected chi connectivity index (χ0v) is 26.7. The zero-order chi connectivity index (χ0) is 31.5. The Morgan fingerprint density at radius 2 is 1.98 bits per heavy atom. The molecule has 3 aromatic rings. The summed E-state index contributed by atoms with van der Waals surface area (Å²) in [5.41, 5.74) is 1.10. The van der Waals surface area contributed by atoms with Gasteiger partial charge in [0.05, 0.1) is 51.6 Å². The highest BCUT2D eigenvalue weighted by molar-refractivity contribution is 7.90. The van der Waals surface area contributed by atoms with Crippen LogP contribution in [0.4, 0.5) is 0 Å². The monoisotopic (exact) mass is 651 g/mol. The quantitative estimate of drug-likeness (QED) is 0.228. The Kier molecular flexibility index (Phi) is 10.1. The summed E-state index contributed by atoms with van der Waals surface area (Å²) in [6.45, 7) is 6.21. The van der Waals surface area contributed by atoms with Crippen LogP contribution >= 0.6 is 23.2 Å². The van der Waals surface area contributed by atoms with Gasteiger partial charge in [0.25, 0.3) is 11.8 Å². The molecule has 0 aliphatic carbocycles. The van der Waals surface area contributed by atoms with Crippen molar-refractivity contribution in [3.63, 3.8) is 0 Å². The lowest BCUT2D eigenvalue weighted by atomic mass is 10.1. The molecule has 2 N–H and O–H groups in total. The SMILES string of the molecule is CC(C)(C)ON(C=O)C[C@@H]1CCCN1C(=O)c1ccc(C(=O)N[C@@H](CCS(C)(=O)=O)c2nc3ccc(Cl)cc3[nH]2)cc1Cl. The fourth-order valence-electron chi connectivity index (χ4n) is 4.96. The molecule has 2 heterocycles. The number of H-pyrrole nitrogens is 1. The molecule has 1 aliphatic heterocycles. The first-order valence-electron chi connectivity index (χ1n) is 13.8. The topological polar surface area (TPSA) is 142 Å². The van der Waals surface area contributed by atoms with Crippen molar-refractivity contribution in [2.75, 3.05) is 25.1 Å². The Labute approximate surface area is 260 Å². The van der Waals surface area contributed by atoms with Crippen molar-refractivity contribution < 1.29 is 27.6 Å². The molecule has 43 heavy (non-hydrogen) atoms. The molecular formula is C29H35Cl2N5O6S. The van der Waals surface area contributed by atoms with Crippen molar-refractivity contribution in [2.24, 2.45) is 0 Å². The van der Waals surface area contributed by atoms with Crippen LogP contribution in [0, 0.1) is 0 Å². The van der Waals surface area contributed by atoms with E-state index in [2.05, 4.69) is 15.3 Å². The van der Waals surface area contributed by atoms with Crippen LogP contribution in [-0.4, -0.2) is 83.3 Å². The molecule has 0 radical (unpaired) electrons. The molecule has 0 unspecified atom stereocenters. The Balaban J connectivity index is 1.51. The van der Waals surface area contributed by atoms with Gasteiger partial charge in [0.1, 0.15) is 15.7 Å². The fourth-order valence-corrected chi connectivity index (χ4v) is 6.05. The third-order valence-corrected chi connectivity index (χ3v) is 8.40. The summed E-state index contributed by atoms with van der Waals surface area (Å²) in [4.78, 5) is 53.3. The maximum Gasteiger partial charge on any atom is 0.255 e. The summed E-state index contributed by atoms with van der Waals surface area (Å²) >= 11 is 12.6.